The van der Waals surface area contributed by atoms with E-state index in [1.54, 1.807) is 6.20 Å². The molecule has 1 aromatic carbocycles. The van der Waals surface area contributed by atoms with Crippen LogP contribution in [0.3, 0.4) is 0 Å². The first-order valence-electron chi connectivity index (χ1n) is 5.42. The molecule has 0 fully saturated rings. The zero-order chi connectivity index (χ0) is 12.3. The zero-order valence-corrected chi connectivity index (χ0v) is 9.55. The molecule has 88 valence electrons. The Labute approximate surface area is 99.0 Å². The Kier molecular flexibility index (Phi) is 3.18. The van der Waals surface area contributed by atoms with E-state index in [2.05, 4.69) is 15.5 Å². The van der Waals surface area contributed by atoms with Gasteiger partial charge in [-0.2, -0.15) is 5.10 Å². The second-order valence-corrected chi connectivity index (χ2v) is 4.00. The number of aromatic nitrogens is 2. The monoisotopic (exact) mass is 230 g/mol. The summed E-state index contributed by atoms with van der Waals surface area (Å²) in [6.45, 7) is 1.88. The molecule has 0 radical (unpaired) electrons. The van der Waals surface area contributed by atoms with Crippen molar-refractivity contribution in [2.24, 2.45) is 5.73 Å². The van der Waals surface area contributed by atoms with Crippen molar-refractivity contribution in [3.8, 4) is 0 Å². The summed E-state index contributed by atoms with van der Waals surface area (Å²) in [5.74, 6) is 0.343. The number of hydrogen-bond donors (Lipinski definition) is 2. The molecular formula is C12H14N4O. The molecule has 1 heterocycles. The van der Waals surface area contributed by atoms with Gasteiger partial charge in [-0.25, -0.2) is 0 Å². The average molecular weight is 230 g/mol. The lowest BCUT2D eigenvalue weighted by atomic mass is 10.1. The number of primary amides is 1. The van der Waals surface area contributed by atoms with Crippen molar-refractivity contribution >= 4 is 22.5 Å². The number of carbonyl (C=O) groups excluding carboxylic acids is 1. The van der Waals surface area contributed by atoms with Gasteiger partial charge in [-0.3, -0.25) is 4.79 Å². The molecule has 1 unspecified atom stereocenters. The first-order chi connectivity index (χ1) is 8.16. The number of nitrogens with two attached hydrogens (primary N) is 1. The lowest BCUT2D eigenvalue weighted by molar-refractivity contribution is -0.118. The van der Waals surface area contributed by atoms with Gasteiger partial charge < -0.3 is 11.1 Å². The number of anilines is 1. The first-order valence-corrected chi connectivity index (χ1v) is 5.42. The predicted octanol–water partition coefficient (Wildman–Crippen LogP) is 1.31. The maximum Gasteiger partial charge on any atom is 0.219 e. The molecule has 5 nitrogen and oxygen atoms in total. The van der Waals surface area contributed by atoms with Gasteiger partial charge in [0, 0.05) is 23.2 Å². The standard InChI is InChI=1S/C12H14N4O/c1-8(6-11(13)17)15-12-10-5-3-2-4-9(10)7-14-16-12/h2-5,7-8H,6H2,1H3,(H2,13,17)(H,15,16). The minimum atomic E-state index is -0.335. The fourth-order valence-corrected chi connectivity index (χ4v) is 1.72. The van der Waals surface area contributed by atoms with Gasteiger partial charge in [-0.1, -0.05) is 24.3 Å². The average Bonchev–Trinajstić information content (AvgIpc) is 2.28. The van der Waals surface area contributed by atoms with Gasteiger partial charge in [0.25, 0.3) is 0 Å². The number of carbonyl (C=O) groups is 1. The number of nitrogens with zero attached hydrogens (tertiary/aromatic N) is 2. The number of nitrogens with one attached hydrogen (secondary N) is 1. The first kappa shape index (κ1) is 11.3. The molecule has 1 atom stereocenters. The highest BCUT2D eigenvalue weighted by Gasteiger charge is 2.09. The summed E-state index contributed by atoms with van der Waals surface area (Å²) in [5, 5.41) is 13.1. The minimum Gasteiger partial charge on any atom is -0.370 e. The maximum atomic E-state index is 10.8. The Bertz CT molecular complexity index is 536. The highest BCUT2D eigenvalue weighted by Crippen LogP contribution is 2.20. The van der Waals surface area contributed by atoms with Crippen molar-refractivity contribution in [1.82, 2.24) is 10.2 Å². The van der Waals surface area contributed by atoms with E-state index in [1.165, 1.54) is 0 Å². The molecule has 17 heavy (non-hydrogen) atoms. The van der Waals surface area contributed by atoms with E-state index < -0.39 is 0 Å². The van der Waals surface area contributed by atoms with E-state index in [0.717, 1.165) is 10.8 Å². The summed E-state index contributed by atoms with van der Waals surface area (Å²) in [4.78, 5) is 10.8. The molecule has 0 aliphatic carbocycles. The van der Waals surface area contributed by atoms with Gasteiger partial charge in [0.2, 0.25) is 5.91 Å². The molecule has 2 aromatic rings. The number of rotatable bonds is 4. The van der Waals surface area contributed by atoms with E-state index in [9.17, 15) is 4.79 Å². The van der Waals surface area contributed by atoms with Crippen LogP contribution in [-0.4, -0.2) is 22.1 Å². The molecule has 0 saturated carbocycles. The quantitative estimate of drug-likeness (QED) is 0.829. The summed E-state index contributed by atoms with van der Waals surface area (Å²) < 4.78 is 0. The largest absolute Gasteiger partial charge is 0.370 e. The summed E-state index contributed by atoms with van der Waals surface area (Å²) in [6, 6.07) is 7.75. The third kappa shape index (κ3) is 2.69. The molecule has 0 aliphatic rings. The van der Waals surface area contributed by atoms with Crippen LogP contribution in [0.15, 0.2) is 30.5 Å². The van der Waals surface area contributed by atoms with Crippen LogP contribution in [-0.2, 0) is 4.79 Å². The zero-order valence-electron chi connectivity index (χ0n) is 9.55. The third-order valence-electron chi connectivity index (χ3n) is 2.46. The van der Waals surface area contributed by atoms with E-state index in [4.69, 9.17) is 5.73 Å². The molecule has 5 heteroatoms. The summed E-state index contributed by atoms with van der Waals surface area (Å²) in [5.41, 5.74) is 5.14. The van der Waals surface area contributed by atoms with Gasteiger partial charge in [-0.05, 0) is 6.92 Å². The Morgan fingerprint density at radius 1 is 1.47 bits per heavy atom. The van der Waals surface area contributed by atoms with E-state index in [-0.39, 0.29) is 18.4 Å². The Balaban J connectivity index is 2.26. The van der Waals surface area contributed by atoms with Gasteiger partial charge in [-0.15, -0.1) is 5.10 Å². The fraction of sp³-hybridized carbons (Fsp3) is 0.250. The molecular weight excluding hydrogens is 216 g/mol. The van der Waals surface area contributed by atoms with E-state index >= 15 is 0 Å². The normalized spacial score (nSPS) is 12.3. The van der Waals surface area contributed by atoms with Crippen LogP contribution in [0.1, 0.15) is 13.3 Å². The number of amides is 1. The van der Waals surface area contributed by atoms with Crippen molar-refractivity contribution in [2.45, 2.75) is 19.4 Å². The summed E-state index contributed by atoms with van der Waals surface area (Å²) in [7, 11) is 0. The number of fused-ring (bicyclic) bond motifs is 1. The van der Waals surface area contributed by atoms with Crippen molar-refractivity contribution in [3.63, 3.8) is 0 Å². The molecule has 0 saturated heterocycles. The van der Waals surface area contributed by atoms with Crippen LogP contribution in [0, 0.1) is 0 Å². The van der Waals surface area contributed by atoms with E-state index in [0.29, 0.717) is 5.82 Å². The van der Waals surface area contributed by atoms with E-state index in [1.807, 2.05) is 31.2 Å². The SMILES string of the molecule is CC(CC(N)=O)Nc1nncc2ccccc12. The maximum absolute atomic E-state index is 10.8. The highest BCUT2D eigenvalue weighted by molar-refractivity contribution is 5.91. The third-order valence-corrected chi connectivity index (χ3v) is 2.46. The molecule has 0 spiro atoms. The van der Waals surface area contributed by atoms with Gasteiger partial charge in [0.05, 0.1) is 6.20 Å². The second-order valence-electron chi connectivity index (χ2n) is 4.00. The van der Waals surface area contributed by atoms with Crippen molar-refractivity contribution in [2.75, 3.05) is 5.32 Å². The summed E-state index contributed by atoms with van der Waals surface area (Å²) >= 11 is 0. The Hall–Kier alpha value is -2.17. The number of hydrogen-bond acceptors (Lipinski definition) is 4. The van der Waals surface area contributed by atoms with Crippen molar-refractivity contribution in [1.29, 1.82) is 0 Å². The molecule has 2 rings (SSSR count). The predicted molar refractivity (Wildman–Crippen MR) is 66.4 cm³/mol. The van der Waals surface area contributed by atoms with Gasteiger partial charge in [0.15, 0.2) is 5.82 Å². The van der Waals surface area contributed by atoms with Crippen LogP contribution in [0.2, 0.25) is 0 Å². The molecule has 1 aromatic heterocycles. The van der Waals surface area contributed by atoms with Crippen LogP contribution < -0.4 is 11.1 Å². The summed E-state index contributed by atoms with van der Waals surface area (Å²) in [6.07, 6.45) is 1.98. The molecule has 0 aliphatic heterocycles. The van der Waals surface area contributed by atoms with Crippen LogP contribution >= 0.6 is 0 Å². The highest BCUT2D eigenvalue weighted by atomic mass is 16.1. The lowest BCUT2D eigenvalue weighted by Crippen LogP contribution is -2.24. The van der Waals surface area contributed by atoms with Crippen molar-refractivity contribution in [3.05, 3.63) is 30.5 Å². The van der Waals surface area contributed by atoms with Gasteiger partial charge in [0.1, 0.15) is 0 Å². The van der Waals surface area contributed by atoms with Crippen LogP contribution in [0.4, 0.5) is 5.82 Å². The van der Waals surface area contributed by atoms with Crippen LogP contribution in [0.5, 0.6) is 0 Å². The molecule has 1 amide bonds. The Morgan fingerprint density at radius 3 is 3.00 bits per heavy atom. The molecule has 3 N–H and O–H groups in total. The van der Waals surface area contributed by atoms with Crippen LogP contribution in [0.25, 0.3) is 10.8 Å². The second kappa shape index (κ2) is 4.78. The lowest BCUT2D eigenvalue weighted by Gasteiger charge is -2.13. The molecule has 0 bridgehead atoms. The minimum absolute atomic E-state index is 0.0624. The fourth-order valence-electron chi connectivity index (χ4n) is 1.72. The van der Waals surface area contributed by atoms with Gasteiger partial charge >= 0.3 is 0 Å². The smallest absolute Gasteiger partial charge is 0.219 e. The Morgan fingerprint density at radius 2 is 2.24 bits per heavy atom. The number of benzene rings is 1. The topological polar surface area (TPSA) is 80.9 Å². The van der Waals surface area contributed by atoms with Crippen molar-refractivity contribution < 1.29 is 4.79 Å².